The molecule has 0 bridgehead atoms. The number of carbonyl (C=O) groups is 1. The van der Waals surface area contributed by atoms with Crippen molar-refractivity contribution in [3.63, 3.8) is 0 Å². The average Bonchev–Trinajstić information content (AvgIpc) is 3.21. The summed E-state index contributed by atoms with van der Waals surface area (Å²) in [5.74, 6) is 0.502. The molecule has 1 aromatic carbocycles. The summed E-state index contributed by atoms with van der Waals surface area (Å²) in [5, 5.41) is 9.94. The van der Waals surface area contributed by atoms with Crippen molar-refractivity contribution in [1.29, 1.82) is 5.41 Å². The Morgan fingerprint density at radius 2 is 2.17 bits per heavy atom. The molecule has 23 heavy (non-hydrogen) atoms. The van der Waals surface area contributed by atoms with Gasteiger partial charge in [0.25, 0.3) is 0 Å². The second-order valence-electron chi connectivity index (χ2n) is 5.11. The number of hydrogen-bond donors (Lipinski definition) is 3. The topological polar surface area (TPSA) is 81.6 Å². The first-order chi connectivity index (χ1) is 11.1. The lowest BCUT2D eigenvalue weighted by Crippen LogP contribution is -1.89. The van der Waals surface area contributed by atoms with Gasteiger partial charge in [0.15, 0.2) is 6.29 Å². The number of allylic oxidation sites excluding steroid dienone is 1. The number of aryl methyl sites for hydroxylation is 2. The first-order valence-electron chi connectivity index (χ1n) is 7.34. The predicted molar refractivity (Wildman–Crippen MR) is 94.6 cm³/mol. The molecule has 2 aromatic rings. The highest BCUT2D eigenvalue weighted by molar-refractivity contribution is 6.67. The van der Waals surface area contributed by atoms with Crippen molar-refractivity contribution in [3.8, 4) is 0 Å². The Morgan fingerprint density at radius 1 is 1.39 bits per heavy atom. The Bertz CT molecular complexity index is 721. The highest BCUT2D eigenvalue weighted by Gasteiger charge is 2.09. The number of aromatic amines is 1. The molecule has 0 saturated heterocycles. The zero-order chi connectivity index (χ0) is 16.7. The van der Waals surface area contributed by atoms with Crippen LogP contribution in [0.4, 0.5) is 5.69 Å². The fraction of sp³-hybridized carbons (Fsp3) is 0.235. The Morgan fingerprint density at radius 3 is 2.83 bits per heavy atom. The van der Waals surface area contributed by atoms with Gasteiger partial charge in [0.05, 0.1) is 11.9 Å². The van der Waals surface area contributed by atoms with E-state index in [1.807, 2.05) is 7.05 Å². The molecule has 3 rings (SSSR count). The molecule has 0 aliphatic heterocycles. The molecule has 0 saturated carbocycles. The first-order valence-corrected chi connectivity index (χ1v) is 7.72. The monoisotopic (exact) mass is 330 g/mol. The molecule has 1 aromatic heterocycles. The molecule has 120 valence electrons. The lowest BCUT2D eigenvalue weighted by molar-refractivity contribution is 0.111. The van der Waals surface area contributed by atoms with Gasteiger partial charge in [-0.3, -0.25) is 10.2 Å². The van der Waals surface area contributed by atoms with Crippen LogP contribution in [0.3, 0.4) is 0 Å². The Kier molecular flexibility index (Phi) is 6.11. The van der Waals surface area contributed by atoms with Crippen LogP contribution in [0.15, 0.2) is 30.5 Å². The molecule has 1 aliphatic carbocycles. The molecule has 0 fully saturated rings. The molecular weight excluding hydrogens is 312 g/mol. The van der Waals surface area contributed by atoms with E-state index in [4.69, 9.17) is 17.0 Å². The van der Waals surface area contributed by atoms with Gasteiger partial charge in [-0.25, -0.2) is 4.98 Å². The van der Waals surface area contributed by atoms with Crippen LogP contribution >= 0.6 is 11.6 Å². The molecule has 0 radical (unpaired) electrons. The molecule has 3 N–H and O–H groups in total. The van der Waals surface area contributed by atoms with Crippen LogP contribution in [0.2, 0.25) is 0 Å². The lowest BCUT2D eigenvalue weighted by atomic mass is 10.1. The fourth-order valence-electron chi connectivity index (χ4n) is 2.38. The summed E-state index contributed by atoms with van der Waals surface area (Å²) in [4.78, 5) is 16.7. The summed E-state index contributed by atoms with van der Waals surface area (Å²) >= 11 is 5.25. The van der Waals surface area contributed by atoms with E-state index in [1.165, 1.54) is 48.9 Å². The summed E-state index contributed by atoms with van der Waals surface area (Å²) in [6.45, 7) is 0. The van der Waals surface area contributed by atoms with Gasteiger partial charge in [0.2, 0.25) is 0 Å². The third-order valence-electron chi connectivity index (χ3n) is 3.52. The normalized spacial score (nSPS) is 12.4. The Balaban J connectivity index is 0.000000167. The number of hydrogen-bond acceptors (Lipinski definition) is 4. The van der Waals surface area contributed by atoms with E-state index in [-0.39, 0.29) is 5.17 Å². The number of H-pyrrole nitrogens is 1. The van der Waals surface area contributed by atoms with Gasteiger partial charge in [-0.1, -0.05) is 17.7 Å². The fourth-order valence-corrected chi connectivity index (χ4v) is 2.44. The minimum atomic E-state index is -0.0842. The number of nitrogens with zero attached hydrogens (tertiary/aromatic N) is 1. The van der Waals surface area contributed by atoms with Crippen molar-refractivity contribution in [3.05, 3.63) is 53.1 Å². The van der Waals surface area contributed by atoms with Crippen molar-refractivity contribution in [1.82, 2.24) is 9.97 Å². The first kappa shape index (κ1) is 17.0. The van der Waals surface area contributed by atoms with Crippen molar-refractivity contribution < 1.29 is 4.79 Å². The van der Waals surface area contributed by atoms with Gasteiger partial charge in [-0.15, -0.1) is 0 Å². The smallest absolute Gasteiger partial charge is 0.167 e. The standard InChI is InChI=1S/C10H13N.C7H6ClN3O/c1-11-10-6-5-8-3-2-4-9(8)7-10;8-6(9)1-2-7-10-3-5(4-12)11-7/h5-7,11H,2-4H2,1H3;1-4,9H,(H,10,11)/b;2-1-,9-6?. The van der Waals surface area contributed by atoms with Crippen LogP contribution in [-0.4, -0.2) is 28.5 Å². The van der Waals surface area contributed by atoms with Crippen molar-refractivity contribution >= 4 is 34.8 Å². The maximum atomic E-state index is 10.2. The molecular formula is C17H19ClN4O. The summed E-state index contributed by atoms with van der Waals surface area (Å²) in [6.07, 6.45) is 8.84. The lowest BCUT2D eigenvalue weighted by Gasteiger charge is -2.02. The SMILES string of the molecule is CNc1ccc2c(c1)CCC2.N=C(Cl)/C=C\c1ncc(C=O)[nH]1. The van der Waals surface area contributed by atoms with Crippen LogP contribution < -0.4 is 5.32 Å². The van der Waals surface area contributed by atoms with Gasteiger partial charge in [0, 0.05) is 12.7 Å². The number of rotatable bonds is 4. The van der Waals surface area contributed by atoms with Crippen molar-refractivity contribution in [2.75, 3.05) is 12.4 Å². The number of benzene rings is 1. The molecule has 0 unspecified atom stereocenters. The highest BCUT2D eigenvalue weighted by Crippen LogP contribution is 2.24. The van der Waals surface area contributed by atoms with Crippen molar-refractivity contribution in [2.45, 2.75) is 19.3 Å². The third-order valence-corrected chi connectivity index (χ3v) is 3.64. The summed E-state index contributed by atoms with van der Waals surface area (Å²) in [6, 6.07) is 6.67. The Hall–Kier alpha value is -2.40. The van der Waals surface area contributed by atoms with Crippen LogP contribution in [0.25, 0.3) is 6.08 Å². The van der Waals surface area contributed by atoms with Crippen LogP contribution in [0, 0.1) is 5.41 Å². The average molecular weight is 331 g/mol. The van der Waals surface area contributed by atoms with E-state index in [9.17, 15) is 4.79 Å². The van der Waals surface area contributed by atoms with Crippen LogP contribution in [-0.2, 0) is 12.8 Å². The third kappa shape index (κ3) is 5.07. The second kappa shape index (κ2) is 8.29. The van der Waals surface area contributed by atoms with E-state index < -0.39 is 0 Å². The maximum Gasteiger partial charge on any atom is 0.167 e. The highest BCUT2D eigenvalue weighted by atomic mass is 35.5. The maximum absolute atomic E-state index is 10.2. The molecule has 6 heteroatoms. The van der Waals surface area contributed by atoms with Crippen LogP contribution in [0.5, 0.6) is 0 Å². The number of fused-ring (bicyclic) bond motifs is 1. The molecule has 0 atom stereocenters. The van der Waals surface area contributed by atoms with E-state index in [0.29, 0.717) is 17.8 Å². The largest absolute Gasteiger partial charge is 0.388 e. The molecule has 5 nitrogen and oxygen atoms in total. The zero-order valence-electron chi connectivity index (χ0n) is 12.9. The van der Waals surface area contributed by atoms with E-state index in [1.54, 1.807) is 5.56 Å². The number of anilines is 1. The number of nitrogens with one attached hydrogen (secondary N) is 3. The minimum absolute atomic E-state index is 0.0842. The summed E-state index contributed by atoms with van der Waals surface area (Å²) in [5.41, 5.74) is 4.72. The predicted octanol–water partition coefficient (Wildman–Crippen LogP) is 3.67. The van der Waals surface area contributed by atoms with Gasteiger partial charge in [-0.2, -0.15) is 0 Å². The molecule has 1 aliphatic rings. The summed E-state index contributed by atoms with van der Waals surface area (Å²) in [7, 11) is 1.97. The van der Waals surface area contributed by atoms with E-state index >= 15 is 0 Å². The van der Waals surface area contributed by atoms with Crippen LogP contribution in [0.1, 0.15) is 33.9 Å². The summed E-state index contributed by atoms with van der Waals surface area (Å²) < 4.78 is 0. The molecule has 1 heterocycles. The minimum Gasteiger partial charge on any atom is -0.388 e. The number of aromatic nitrogens is 2. The number of carbonyl (C=O) groups excluding carboxylic acids is 1. The molecule has 0 amide bonds. The second-order valence-corrected chi connectivity index (χ2v) is 5.52. The Labute approximate surface area is 140 Å². The number of imidazole rings is 1. The van der Waals surface area contributed by atoms with Crippen molar-refractivity contribution in [2.24, 2.45) is 0 Å². The van der Waals surface area contributed by atoms with Gasteiger partial charge < -0.3 is 10.3 Å². The van der Waals surface area contributed by atoms with E-state index in [0.717, 1.165) is 0 Å². The van der Waals surface area contributed by atoms with E-state index in [2.05, 4.69) is 33.5 Å². The van der Waals surface area contributed by atoms with Gasteiger partial charge in [0.1, 0.15) is 11.0 Å². The quantitative estimate of drug-likeness (QED) is 0.591. The molecule has 0 spiro atoms. The number of halogens is 1. The van der Waals surface area contributed by atoms with Gasteiger partial charge in [-0.05, 0) is 54.7 Å². The number of aldehydes is 1. The zero-order valence-corrected chi connectivity index (χ0v) is 13.7. The van der Waals surface area contributed by atoms with Gasteiger partial charge >= 0.3 is 0 Å².